The summed E-state index contributed by atoms with van der Waals surface area (Å²) in [5.74, 6) is 1.84. The zero-order valence-electron chi connectivity index (χ0n) is 18.1. The van der Waals surface area contributed by atoms with Crippen LogP contribution in [-0.4, -0.2) is 17.3 Å². The van der Waals surface area contributed by atoms with Gasteiger partial charge in [-0.15, -0.1) is 0 Å². The van der Waals surface area contributed by atoms with Gasteiger partial charge in [0.25, 0.3) is 0 Å². The number of hydrazone groups is 1. The summed E-state index contributed by atoms with van der Waals surface area (Å²) in [7, 11) is 0. The Labute approximate surface area is 184 Å². The van der Waals surface area contributed by atoms with E-state index in [1.165, 1.54) is 16.7 Å². The molecule has 0 fully saturated rings. The van der Waals surface area contributed by atoms with E-state index in [9.17, 15) is 0 Å². The fraction of sp³-hybridized carbons (Fsp3) is 0.296. The minimum absolute atomic E-state index is 0.173. The Morgan fingerprint density at radius 1 is 1.00 bits per heavy atom. The van der Waals surface area contributed by atoms with Crippen molar-refractivity contribution in [3.8, 4) is 11.5 Å². The predicted molar refractivity (Wildman–Crippen MR) is 124 cm³/mol. The molecule has 2 heterocycles. The molecule has 2 atom stereocenters. The third-order valence-electron chi connectivity index (χ3n) is 6.02. The van der Waals surface area contributed by atoms with E-state index < -0.39 is 0 Å². The Bertz CT molecular complexity index is 1070. The lowest BCUT2D eigenvalue weighted by Gasteiger charge is -2.38. The van der Waals surface area contributed by atoms with Crippen molar-refractivity contribution in [1.29, 1.82) is 0 Å². The number of fused-ring (bicyclic) bond motifs is 3. The second kappa shape index (κ2) is 8.46. The van der Waals surface area contributed by atoms with Gasteiger partial charge in [0, 0.05) is 17.5 Å². The largest absolute Gasteiger partial charge is 0.494 e. The maximum Gasteiger partial charge on any atom is 0.213 e. The second-order valence-electron chi connectivity index (χ2n) is 8.29. The number of hydrogen-bond donors (Lipinski definition) is 0. The SMILES string of the molecule is CCCCOc1ccc([C@@H]2Oc3ccccc3[C@H]3CC(c4ccc(C)cc4)=NN32)cc1. The highest BCUT2D eigenvalue weighted by molar-refractivity contribution is 6.02. The maximum absolute atomic E-state index is 6.45. The molecule has 2 aliphatic rings. The zero-order chi connectivity index (χ0) is 21.2. The minimum atomic E-state index is -0.257. The van der Waals surface area contributed by atoms with Crippen molar-refractivity contribution in [1.82, 2.24) is 5.01 Å². The molecule has 0 unspecified atom stereocenters. The average Bonchev–Trinajstić information content (AvgIpc) is 3.25. The van der Waals surface area contributed by atoms with Gasteiger partial charge < -0.3 is 9.47 Å². The van der Waals surface area contributed by atoms with Crippen molar-refractivity contribution >= 4 is 5.71 Å². The third kappa shape index (κ3) is 3.90. The van der Waals surface area contributed by atoms with Crippen molar-refractivity contribution in [2.24, 2.45) is 5.10 Å². The molecule has 0 spiro atoms. The molecule has 0 N–H and O–H groups in total. The molecule has 4 heteroatoms. The number of hydrogen-bond acceptors (Lipinski definition) is 4. The van der Waals surface area contributed by atoms with Crippen LogP contribution in [0.25, 0.3) is 0 Å². The van der Waals surface area contributed by atoms with E-state index in [1.54, 1.807) is 0 Å². The quantitative estimate of drug-likeness (QED) is 0.438. The Morgan fingerprint density at radius 2 is 1.77 bits per heavy atom. The first kappa shape index (κ1) is 19.7. The van der Waals surface area contributed by atoms with Gasteiger partial charge in [-0.1, -0.05) is 61.4 Å². The van der Waals surface area contributed by atoms with Crippen molar-refractivity contribution < 1.29 is 9.47 Å². The molecular formula is C27H28N2O2. The van der Waals surface area contributed by atoms with Crippen LogP contribution in [0.2, 0.25) is 0 Å². The van der Waals surface area contributed by atoms with Crippen molar-refractivity contribution in [2.75, 3.05) is 6.61 Å². The third-order valence-corrected chi connectivity index (χ3v) is 6.02. The number of benzene rings is 3. The summed E-state index contributed by atoms with van der Waals surface area (Å²) >= 11 is 0. The molecule has 0 saturated heterocycles. The Kier molecular flexibility index (Phi) is 5.37. The highest BCUT2D eigenvalue weighted by Gasteiger charge is 2.40. The Balaban J connectivity index is 1.46. The molecular weight excluding hydrogens is 384 g/mol. The Hall–Kier alpha value is -3.27. The maximum atomic E-state index is 6.45. The molecule has 5 rings (SSSR count). The van der Waals surface area contributed by atoms with Gasteiger partial charge in [0.15, 0.2) is 0 Å². The smallest absolute Gasteiger partial charge is 0.213 e. The van der Waals surface area contributed by atoms with Crippen LogP contribution in [0.1, 0.15) is 60.7 Å². The summed E-state index contributed by atoms with van der Waals surface area (Å²) in [5, 5.41) is 7.17. The van der Waals surface area contributed by atoms with Gasteiger partial charge in [-0.25, -0.2) is 5.01 Å². The lowest BCUT2D eigenvalue weighted by Crippen LogP contribution is -2.33. The second-order valence-corrected chi connectivity index (χ2v) is 8.29. The lowest BCUT2D eigenvalue weighted by atomic mass is 9.95. The zero-order valence-corrected chi connectivity index (χ0v) is 18.1. The van der Waals surface area contributed by atoms with Gasteiger partial charge in [0.2, 0.25) is 6.23 Å². The van der Waals surface area contributed by atoms with Crippen LogP contribution in [0.4, 0.5) is 0 Å². The number of para-hydroxylation sites is 1. The molecule has 0 aliphatic carbocycles. The summed E-state index contributed by atoms with van der Waals surface area (Å²) in [6.45, 7) is 5.03. The first-order valence-corrected chi connectivity index (χ1v) is 11.1. The molecule has 0 bridgehead atoms. The first-order valence-electron chi connectivity index (χ1n) is 11.1. The summed E-state index contributed by atoms with van der Waals surface area (Å²) in [6, 6.07) is 25.4. The summed E-state index contributed by atoms with van der Waals surface area (Å²) < 4.78 is 12.3. The summed E-state index contributed by atoms with van der Waals surface area (Å²) in [4.78, 5) is 0. The number of rotatable bonds is 6. The van der Waals surface area contributed by atoms with Crippen molar-refractivity contribution in [3.05, 3.63) is 95.1 Å². The highest BCUT2D eigenvalue weighted by Crippen LogP contribution is 2.47. The number of ether oxygens (including phenoxy) is 2. The van der Waals surface area contributed by atoms with Crippen LogP contribution < -0.4 is 9.47 Å². The van der Waals surface area contributed by atoms with E-state index in [2.05, 4.69) is 73.5 Å². The number of nitrogens with zero attached hydrogens (tertiary/aromatic N) is 2. The van der Waals surface area contributed by atoms with Crippen LogP contribution in [0.3, 0.4) is 0 Å². The fourth-order valence-electron chi connectivity index (χ4n) is 4.24. The van der Waals surface area contributed by atoms with Gasteiger partial charge in [0.05, 0.1) is 18.4 Å². The van der Waals surface area contributed by atoms with Crippen LogP contribution in [0.15, 0.2) is 77.9 Å². The van der Waals surface area contributed by atoms with E-state index in [0.29, 0.717) is 0 Å². The molecule has 3 aromatic carbocycles. The number of aryl methyl sites for hydroxylation is 1. The monoisotopic (exact) mass is 412 g/mol. The molecule has 3 aromatic rings. The van der Waals surface area contributed by atoms with E-state index in [1.807, 2.05) is 18.2 Å². The standard InChI is InChI=1S/C27H28N2O2/c1-3-4-17-30-22-15-13-21(14-16-22)27-29-25(23-7-5-6-8-26(23)31-27)18-24(28-29)20-11-9-19(2)10-12-20/h5-16,25,27H,3-4,17-18H2,1-2H3/t25-,27+/m1/s1. The minimum Gasteiger partial charge on any atom is -0.494 e. The molecule has 0 radical (unpaired) electrons. The van der Waals surface area contributed by atoms with Gasteiger partial charge in [-0.2, -0.15) is 5.10 Å². The van der Waals surface area contributed by atoms with Gasteiger partial charge in [-0.3, -0.25) is 0 Å². The first-order chi connectivity index (χ1) is 15.2. The van der Waals surface area contributed by atoms with Gasteiger partial charge >= 0.3 is 0 Å². The van der Waals surface area contributed by atoms with Crippen molar-refractivity contribution in [3.63, 3.8) is 0 Å². The van der Waals surface area contributed by atoms with E-state index in [-0.39, 0.29) is 12.3 Å². The average molecular weight is 413 g/mol. The van der Waals surface area contributed by atoms with Crippen LogP contribution in [0, 0.1) is 6.92 Å². The molecule has 31 heavy (non-hydrogen) atoms. The normalized spacial score (nSPS) is 19.3. The van der Waals surface area contributed by atoms with Gasteiger partial charge in [0.1, 0.15) is 11.5 Å². The number of unbranched alkanes of at least 4 members (excludes halogenated alkanes) is 1. The molecule has 158 valence electrons. The summed E-state index contributed by atoms with van der Waals surface area (Å²) in [6.07, 6.45) is 2.81. The topological polar surface area (TPSA) is 34.1 Å². The van der Waals surface area contributed by atoms with Crippen molar-refractivity contribution in [2.45, 2.75) is 45.4 Å². The van der Waals surface area contributed by atoms with E-state index >= 15 is 0 Å². The fourth-order valence-corrected chi connectivity index (χ4v) is 4.24. The molecule has 2 aliphatic heterocycles. The predicted octanol–water partition coefficient (Wildman–Crippen LogP) is 6.42. The van der Waals surface area contributed by atoms with Crippen LogP contribution in [-0.2, 0) is 0 Å². The summed E-state index contributed by atoms with van der Waals surface area (Å²) in [5.41, 5.74) is 5.82. The molecule has 4 nitrogen and oxygen atoms in total. The Morgan fingerprint density at radius 3 is 2.55 bits per heavy atom. The van der Waals surface area contributed by atoms with E-state index in [4.69, 9.17) is 14.6 Å². The van der Waals surface area contributed by atoms with Gasteiger partial charge in [-0.05, 0) is 49.2 Å². The highest BCUT2D eigenvalue weighted by atomic mass is 16.5. The van der Waals surface area contributed by atoms with Crippen LogP contribution >= 0.6 is 0 Å². The van der Waals surface area contributed by atoms with E-state index in [0.717, 1.165) is 48.6 Å². The molecule has 0 amide bonds. The molecule has 0 saturated carbocycles. The molecule has 0 aromatic heterocycles. The van der Waals surface area contributed by atoms with Crippen LogP contribution in [0.5, 0.6) is 11.5 Å². The lowest BCUT2D eigenvalue weighted by molar-refractivity contribution is -0.0190.